The maximum atomic E-state index is 13.4. The summed E-state index contributed by atoms with van der Waals surface area (Å²) in [6.45, 7) is 5.97. The van der Waals surface area contributed by atoms with Crippen molar-refractivity contribution in [2.24, 2.45) is 7.05 Å². The molecule has 1 aliphatic heterocycles. The summed E-state index contributed by atoms with van der Waals surface area (Å²) < 4.78 is 6.90. The van der Waals surface area contributed by atoms with Gasteiger partial charge in [0.1, 0.15) is 11.6 Å². The molecular formula is C25H26N8O2. The number of nitriles is 1. The topological polar surface area (TPSA) is 121 Å². The van der Waals surface area contributed by atoms with E-state index in [0.717, 1.165) is 29.5 Å². The van der Waals surface area contributed by atoms with Crippen molar-refractivity contribution in [1.29, 1.82) is 5.26 Å². The van der Waals surface area contributed by atoms with Crippen molar-refractivity contribution in [2.75, 3.05) is 30.4 Å². The van der Waals surface area contributed by atoms with Gasteiger partial charge in [0.05, 0.1) is 23.8 Å². The van der Waals surface area contributed by atoms with Gasteiger partial charge in [0.25, 0.3) is 5.91 Å². The molecule has 0 unspecified atom stereocenters. The first kappa shape index (κ1) is 22.6. The first-order valence-corrected chi connectivity index (χ1v) is 11.4. The van der Waals surface area contributed by atoms with Gasteiger partial charge in [-0.3, -0.25) is 9.48 Å². The van der Waals surface area contributed by atoms with Crippen LogP contribution in [0.1, 0.15) is 29.8 Å². The normalized spacial score (nSPS) is 18.0. The summed E-state index contributed by atoms with van der Waals surface area (Å²) in [4.78, 5) is 24.6. The molecule has 1 aliphatic rings. The summed E-state index contributed by atoms with van der Waals surface area (Å²) in [7, 11) is 3.29. The van der Waals surface area contributed by atoms with Crippen molar-refractivity contribution in [1.82, 2.24) is 25.1 Å². The summed E-state index contributed by atoms with van der Waals surface area (Å²) in [5.41, 5.74) is 3.38. The molecule has 2 aromatic heterocycles. The van der Waals surface area contributed by atoms with Crippen LogP contribution in [0.5, 0.6) is 6.01 Å². The summed E-state index contributed by atoms with van der Waals surface area (Å²) in [5.74, 6) is -0.337. The number of hydrogen-bond donors (Lipinski definition) is 2. The molecule has 0 radical (unpaired) electrons. The Kier molecular flexibility index (Phi) is 5.70. The molecule has 35 heavy (non-hydrogen) atoms. The van der Waals surface area contributed by atoms with Gasteiger partial charge in [-0.25, -0.2) is 4.98 Å². The third-order valence-electron chi connectivity index (χ3n) is 6.13. The predicted molar refractivity (Wildman–Crippen MR) is 134 cm³/mol. The highest BCUT2D eigenvalue weighted by molar-refractivity contribution is 6.14. The molecule has 0 saturated carbocycles. The minimum atomic E-state index is -0.337. The van der Waals surface area contributed by atoms with Gasteiger partial charge in [-0.05, 0) is 38.1 Å². The largest absolute Gasteiger partial charge is 0.467 e. The fourth-order valence-corrected chi connectivity index (χ4v) is 4.78. The van der Waals surface area contributed by atoms with Crippen LogP contribution in [0.2, 0.25) is 0 Å². The fourth-order valence-electron chi connectivity index (χ4n) is 4.78. The molecule has 1 saturated heterocycles. The molecule has 10 heteroatoms. The van der Waals surface area contributed by atoms with Crippen LogP contribution in [0, 0.1) is 11.3 Å². The lowest BCUT2D eigenvalue weighted by Gasteiger charge is -2.38. The molecule has 1 fully saturated rings. The summed E-state index contributed by atoms with van der Waals surface area (Å²) in [5, 5.41) is 21.9. The van der Waals surface area contributed by atoms with Gasteiger partial charge in [-0.15, -0.1) is 0 Å². The van der Waals surface area contributed by atoms with Crippen LogP contribution in [-0.2, 0) is 7.05 Å². The van der Waals surface area contributed by atoms with Gasteiger partial charge in [0, 0.05) is 66.8 Å². The molecule has 0 spiro atoms. The number of aromatic nitrogens is 4. The monoisotopic (exact) mass is 470 g/mol. The minimum absolute atomic E-state index is 0.189. The number of nitrogens with one attached hydrogen (secondary N) is 2. The Morgan fingerprint density at radius 2 is 2.00 bits per heavy atom. The minimum Gasteiger partial charge on any atom is -0.467 e. The fraction of sp³-hybridized carbons (Fsp3) is 0.320. The molecule has 1 amide bonds. The van der Waals surface area contributed by atoms with E-state index in [1.165, 1.54) is 7.11 Å². The second kappa shape index (κ2) is 8.85. The highest BCUT2D eigenvalue weighted by Crippen LogP contribution is 2.31. The number of carbonyl (C=O) groups is 1. The Morgan fingerprint density at radius 1 is 1.23 bits per heavy atom. The second-order valence-electron chi connectivity index (χ2n) is 8.96. The van der Waals surface area contributed by atoms with Gasteiger partial charge in [-0.2, -0.15) is 15.3 Å². The Hall–Kier alpha value is -4.23. The van der Waals surface area contributed by atoms with Crippen LogP contribution in [-0.4, -0.2) is 57.9 Å². The second-order valence-corrected chi connectivity index (χ2v) is 8.96. The Bertz CT molecular complexity index is 1480. The Morgan fingerprint density at radius 3 is 2.71 bits per heavy atom. The van der Waals surface area contributed by atoms with E-state index in [0.29, 0.717) is 39.9 Å². The number of ether oxygens (including phenoxy) is 1. The number of methoxy groups -OCH3 is 1. The van der Waals surface area contributed by atoms with Crippen LogP contribution >= 0.6 is 0 Å². The first-order chi connectivity index (χ1) is 16.9. The number of piperazine rings is 1. The van der Waals surface area contributed by atoms with Gasteiger partial charge >= 0.3 is 6.01 Å². The third kappa shape index (κ3) is 4.22. The van der Waals surface area contributed by atoms with E-state index >= 15 is 0 Å². The average molecular weight is 471 g/mol. The molecule has 2 N–H and O–H groups in total. The van der Waals surface area contributed by atoms with Crippen LogP contribution in [0.15, 0.2) is 36.7 Å². The number of aryl methyl sites for hydroxylation is 1. The molecule has 2 atom stereocenters. The number of nitrogens with zero attached hydrogens (tertiary/aromatic N) is 6. The highest BCUT2D eigenvalue weighted by atomic mass is 16.5. The summed E-state index contributed by atoms with van der Waals surface area (Å²) >= 11 is 0. The van der Waals surface area contributed by atoms with Crippen molar-refractivity contribution < 1.29 is 9.53 Å². The maximum Gasteiger partial charge on any atom is 0.316 e. The molecule has 10 nitrogen and oxygen atoms in total. The van der Waals surface area contributed by atoms with E-state index in [-0.39, 0.29) is 11.9 Å². The van der Waals surface area contributed by atoms with Crippen molar-refractivity contribution in [3.8, 4) is 12.1 Å². The van der Waals surface area contributed by atoms with Crippen molar-refractivity contribution in [2.45, 2.75) is 25.9 Å². The lowest BCUT2D eigenvalue weighted by Crippen LogP contribution is -2.54. The molecule has 5 rings (SSSR count). The lowest BCUT2D eigenvalue weighted by molar-refractivity contribution is 0.102. The zero-order valence-corrected chi connectivity index (χ0v) is 20.0. The van der Waals surface area contributed by atoms with Crippen molar-refractivity contribution in [3.05, 3.63) is 47.8 Å². The zero-order chi connectivity index (χ0) is 24.7. The number of hydrogen-bond acceptors (Lipinski definition) is 8. The molecule has 0 aliphatic carbocycles. The van der Waals surface area contributed by atoms with Crippen LogP contribution in [0.3, 0.4) is 0 Å². The molecule has 0 bridgehead atoms. The molecular weight excluding hydrogens is 444 g/mol. The van der Waals surface area contributed by atoms with E-state index in [2.05, 4.69) is 50.5 Å². The number of rotatable bonds is 4. The van der Waals surface area contributed by atoms with Gasteiger partial charge in [0.15, 0.2) is 0 Å². The lowest BCUT2D eigenvalue weighted by atomic mass is 10.0. The molecule has 2 aromatic carbocycles. The van der Waals surface area contributed by atoms with Gasteiger partial charge in [-0.1, -0.05) is 0 Å². The maximum absolute atomic E-state index is 13.4. The first-order valence-electron chi connectivity index (χ1n) is 11.4. The SMILES string of the molecule is COc1ncc2c(N3C[C@H](C)N[C@@H](C)C3)ccc(C(=O)Nc3cc(C#N)c4nn(C)cc4c3)c2n1. The molecule has 3 heterocycles. The van der Waals surface area contributed by atoms with Crippen molar-refractivity contribution in [3.63, 3.8) is 0 Å². The number of benzene rings is 2. The standard InChI is InChI=1S/C25H26N8O2/c1-14-11-33(12-15(2)28-14)21-6-5-19(23-20(21)10-27-25(30-23)35-4)24(34)29-18-7-16(9-26)22-17(8-18)13-32(3)31-22/h5-8,10,13-15,28H,11-12H2,1-4H3,(H,29,34)/t14-,15-/m0/s1. The van der Waals surface area contributed by atoms with E-state index in [9.17, 15) is 10.1 Å². The van der Waals surface area contributed by atoms with Crippen LogP contribution in [0.25, 0.3) is 21.8 Å². The summed E-state index contributed by atoms with van der Waals surface area (Å²) in [6, 6.07) is 10.2. The Labute approximate surface area is 202 Å². The van der Waals surface area contributed by atoms with E-state index < -0.39 is 0 Å². The smallest absolute Gasteiger partial charge is 0.316 e. The highest BCUT2D eigenvalue weighted by Gasteiger charge is 2.25. The number of carbonyl (C=O) groups excluding carboxylic acids is 1. The van der Waals surface area contributed by atoms with E-state index in [4.69, 9.17) is 4.74 Å². The van der Waals surface area contributed by atoms with Crippen LogP contribution < -0.4 is 20.3 Å². The summed E-state index contributed by atoms with van der Waals surface area (Å²) in [6.07, 6.45) is 3.52. The van der Waals surface area contributed by atoms with Crippen molar-refractivity contribution >= 4 is 39.1 Å². The quantitative estimate of drug-likeness (QED) is 0.467. The van der Waals surface area contributed by atoms with E-state index in [1.54, 1.807) is 36.1 Å². The number of amides is 1. The molecule has 178 valence electrons. The zero-order valence-electron chi connectivity index (χ0n) is 20.0. The molecule has 4 aromatic rings. The Balaban J connectivity index is 1.55. The predicted octanol–water partition coefficient (Wildman–Crippen LogP) is 2.84. The van der Waals surface area contributed by atoms with E-state index in [1.807, 2.05) is 12.3 Å². The van der Waals surface area contributed by atoms with Gasteiger partial charge in [0.2, 0.25) is 0 Å². The van der Waals surface area contributed by atoms with Crippen LogP contribution in [0.4, 0.5) is 11.4 Å². The van der Waals surface area contributed by atoms with Gasteiger partial charge < -0.3 is 20.3 Å². The number of anilines is 2. The number of fused-ring (bicyclic) bond motifs is 2. The third-order valence-corrected chi connectivity index (χ3v) is 6.13. The average Bonchev–Trinajstić information content (AvgIpc) is 3.21.